The summed E-state index contributed by atoms with van der Waals surface area (Å²) >= 11 is 1.47. The zero-order valence-electron chi connectivity index (χ0n) is 11.1. The Kier molecular flexibility index (Phi) is 4.08. The minimum atomic E-state index is 0.0401. The normalized spacial score (nSPS) is 18.1. The highest BCUT2D eigenvalue weighted by molar-refractivity contribution is 7.14. The Bertz CT molecular complexity index is 576. The number of carbonyl (C=O) groups excluding carboxylic acids is 1. The van der Waals surface area contributed by atoms with E-state index in [4.69, 9.17) is 0 Å². The highest BCUT2D eigenvalue weighted by atomic mass is 32.1. The molecule has 2 N–H and O–H groups in total. The van der Waals surface area contributed by atoms with Gasteiger partial charge in [0.2, 0.25) is 5.91 Å². The standard InChI is InChI=1S/C15H17N3OS/c19-14(9-12-7-4-8-16-12)18-15-17-13(10-20-15)11-5-2-1-3-6-11/h1-3,5-6,10,12,16H,4,7-9H2,(H,17,18,19). The molecule has 4 nitrogen and oxygen atoms in total. The molecule has 0 radical (unpaired) electrons. The second kappa shape index (κ2) is 6.15. The van der Waals surface area contributed by atoms with Crippen LogP contribution in [0.3, 0.4) is 0 Å². The molecule has 1 atom stereocenters. The Morgan fingerprint density at radius 3 is 3.00 bits per heavy atom. The molecule has 2 heterocycles. The second-order valence-corrected chi connectivity index (χ2v) is 5.81. The molecule has 1 aliphatic heterocycles. The maximum Gasteiger partial charge on any atom is 0.227 e. The summed E-state index contributed by atoms with van der Waals surface area (Å²) in [5.41, 5.74) is 1.98. The van der Waals surface area contributed by atoms with Gasteiger partial charge in [-0.15, -0.1) is 11.3 Å². The van der Waals surface area contributed by atoms with E-state index in [2.05, 4.69) is 15.6 Å². The van der Waals surface area contributed by atoms with E-state index in [1.54, 1.807) is 0 Å². The van der Waals surface area contributed by atoms with E-state index >= 15 is 0 Å². The molecule has 2 aromatic rings. The lowest BCUT2D eigenvalue weighted by Crippen LogP contribution is -2.27. The second-order valence-electron chi connectivity index (χ2n) is 4.95. The van der Waals surface area contributed by atoms with Gasteiger partial charge >= 0.3 is 0 Å². The van der Waals surface area contributed by atoms with E-state index in [0.717, 1.165) is 30.6 Å². The van der Waals surface area contributed by atoms with Crippen LogP contribution >= 0.6 is 11.3 Å². The van der Waals surface area contributed by atoms with Gasteiger partial charge in [0, 0.05) is 23.4 Å². The van der Waals surface area contributed by atoms with Crippen LogP contribution in [0, 0.1) is 0 Å². The molecular weight excluding hydrogens is 270 g/mol. The number of nitrogens with zero attached hydrogens (tertiary/aromatic N) is 1. The summed E-state index contributed by atoms with van der Waals surface area (Å²) in [5, 5.41) is 8.86. The van der Waals surface area contributed by atoms with Crippen molar-refractivity contribution in [2.75, 3.05) is 11.9 Å². The van der Waals surface area contributed by atoms with E-state index in [9.17, 15) is 4.79 Å². The van der Waals surface area contributed by atoms with Crippen molar-refractivity contribution in [3.63, 3.8) is 0 Å². The zero-order valence-corrected chi connectivity index (χ0v) is 12.0. The first kappa shape index (κ1) is 13.3. The van der Waals surface area contributed by atoms with Gasteiger partial charge in [0.15, 0.2) is 5.13 Å². The maximum absolute atomic E-state index is 11.9. The van der Waals surface area contributed by atoms with Crippen molar-refractivity contribution < 1.29 is 4.79 Å². The molecule has 0 bridgehead atoms. The molecule has 0 aliphatic carbocycles. The molecule has 1 aliphatic rings. The van der Waals surface area contributed by atoms with Gasteiger partial charge in [-0.2, -0.15) is 0 Å². The SMILES string of the molecule is O=C(CC1CCCN1)Nc1nc(-c2ccccc2)cs1. The van der Waals surface area contributed by atoms with Crippen LogP contribution in [-0.4, -0.2) is 23.5 Å². The number of hydrogen-bond donors (Lipinski definition) is 2. The lowest BCUT2D eigenvalue weighted by atomic mass is 10.1. The van der Waals surface area contributed by atoms with E-state index in [1.165, 1.54) is 11.3 Å². The Labute approximate surface area is 122 Å². The molecule has 0 saturated carbocycles. The highest BCUT2D eigenvalue weighted by Gasteiger charge is 2.18. The number of nitrogens with one attached hydrogen (secondary N) is 2. The van der Waals surface area contributed by atoms with E-state index in [1.807, 2.05) is 35.7 Å². The summed E-state index contributed by atoms with van der Waals surface area (Å²) in [4.78, 5) is 16.4. The van der Waals surface area contributed by atoms with Crippen LogP contribution in [0.25, 0.3) is 11.3 Å². The molecule has 1 aromatic carbocycles. The van der Waals surface area contributed by atoms with Gasteiger partial charge < -0.3 is 10.6 Å². The first-order valence-corrected chi connectivity index (χ1v) is 7.73. The van der Waals surface area contributed by atoms with Gasteiger partial charge in [-0.1, -0.05) is 30.3 Å². The quantitative estimate of drug-likeness (QED) is 0.909. The number of anilines is 1. The molecule has 1 aromatic heterocycles. The molecule has 104 valence electrons. The number of aromatic nitrogens is 1. The molecule has 3 rings (SSSR count). The predicted octanol–water partition coefficient (Wildman–Crippen LogP) is 2.89. The van der Waals surface area contributed by atoms with Gasteiger partial charge in [-0.25, -0.2) is 4.98 Å². The Balaban J connectivity index is 1.61. The maximum atomic E-state index is 11.9. The summed E-state index contributed by atoms with van der Waals surface area (Å²) in [5.74, 6) is 0.0401. The highest BCUT2D eigenvalue weighted by Crippen LogP contribution is 2.24. The van der Waals surface area contributed by atoms with Gasteiger partial charge in [0.1, 0.15) is 0 Å². The molecule has 1 fully saturated rings. The van der Waals surface area contributed by atoms with Crippen LogP contribution < -0.4 is 10.6 Å². The number of hydrogen-bond acceptors (Lipinski definition) is 4. The number of rotatable bonds is 4. The predicted molar refractivity (Wildman–Crippen MR) is 81.8 cm³/mol. The first-order valence-electron chi connectivity index (χ1n) is 6.85. The molecule has 0 spiro atoms. The third-order valence-electron chi connectivity index (χ3n) is 3.41. The summed E-state index contributed by atoms with van der Waals surface area (Å²) in [7, 11) is 0. The minimum Gasteiger partial charge on any atom is -0.313 e. The first-order chi connectivity index (χ1) is 9.81. The van der Waals surface area contributed by atoms with E-state index in [0.29, 0.717) is 17.6 Å². The number of amides is 1. The fourth-order valence-electron chi connectivity index (χ4n) is 2.40. The number of carbonyl (C=O) groups is 1. The summed E-state index contributed by atoms with van der Waals surface area (Å²) < 4.78 is 0. The fourth-order valence-corrected chi connectivity index (χ4v) is 3.13. The zero-order chi connectivity index (χ0) is 13.8. The van der Waals surface area contributed by atoms with Crippen LogP contribution in [0.1, 0.15) is 19.3 Å². The topological polar surface area (TPSA) is 54.0 Å². The fraction of sp³-hybridized carbons (Fsp3) is 0.333. The van der Waals surface area contributed by atoms with Crippen molar-refractivity contribution in [1.82, 2.24) is 10.3 Å². The van der Waals surface area contributed by atoms with E-state index in [-0.39, 0.29) is 5.91 Å². The molecule has 1 amide bonds. The van der Waals surface area contributed by atoms with Crippen LogP contribution in [0.15, 0.2) is 35.7 Å². The van der Waals surface area contributed by atoms with Gasteiger partial charge in [0.05, 0.1) is 5.69 Å². The molecule has 1 unspecified atom stereocenters. The lowest BCUT2D eigenvalue weighted by Gasteiger charge is -2.08. The van der Waals surface area contributed by atoms with Crippen molar-refractivity contribution in [2.45, 2.75) is 25.3 Å². The molecule has 5 heteroatoms. The Morgan fingerprint density at radius 1 is 1.40 bits per heavy atom. The summed E-state index contributed by atoms with van der Waals surface area (Å²) in [6.07, 6.45) is 2.77. The van der Waals surface area contributed by atoms with Crippen molar-refractivity contribution in [3.05, 3.63) is 35.7 Å². The van der Waals surface area contributed by atoms with Gasteiger partial charge in [-0.05, 0) is 19.4 Å². The monoisotopic (exact) mass is 287 g/mol. The Hall–Kier alpha value is -1.72. The summed E-state index contributed by atoms with van der Waals surface area (Å²) in [6, 6.07) is 10.3. The minimum absolute atomic E-state index is 0.0401. The number of benzene rings is 1. The van der Waals surface area contributed by atoms with Crippen molar-refractivity contribution in [2.24, 2.45) is 0 Å². The molecule has 1 saturated heterocycles. The van der Waals surface area contributed by atoms with Crippen LogP contribution in [-0.2, 0) is 4.79 Å². The lowest BCUT2D eigenvalue weighted by molar-refractivity contribution is -0.116. The van der Waals surface area contributed by atoms with E-state index < -0.39 is 0 Å². The van der Waals surface area contributed by atoms with Crippen LogP contribution in [0.2, 0.25) is 0 Å². The number of thiazole rings is 1. The van der Waals surface area contributed by atoms with Crippen LogP contribution in [0.5, 0.6) is 0 Å². The van der Waals surface area contributed by atoms with Crippen molar-refractivity contribution in [1.29, 1.82) is 0 Å². The van der Waals surface area contributed by atoms with Gasteiger partial charge in [0.25, 0.3) is 0 Å². The van der Waals surface area contributed by atoms with Crippen LogP contribution in [0.4, 0.5) is 5.13 Å². The molecular formula is C15H17N3OS. The Morgan fingerprint density at radius 2 is 2.25 bits per heavy atom. The average Bonchev–Trinajstić information content (AvgIpc) is 3.11. The van der Waals surface area contributed by atoms with Crippen molar-refractivity contribution in [3.8, 4) is 11.3 Å². The van der Waals surface area contributed by atoms with Crippen molar-refractivity contribution >= 4 is 22.4 Å². The molecule has 20 heavy (non-hydrogen) atoms. The third kappa shape index (κ3) is 3.23. The smallest absolute Gasteiger partial charge is 0.227 e. The van der Waals surface area contributed by atoms with Gasteiger partial charge in [-0.3, -0.25) is 4.79 Å². The average molecular weight is 287 g/mol. The summed E-state index contributed by atoms with van der Waals surface area (Å²) in [6.45, 7) is 1.02. The largest absolute Gasteiger partial charge is 0.313 e. The third-order valence-corrected chi connectivity index (χ3v) is 4.17.